The summed E-state index contributed by atoms with van der Waals surface area (Å²) in [6, 6.07) is 11.3. The van der Waals surface area contributed by atoms with Gasteiger partial charge in [-0.15, -0.1) is 0 Å². The summed E-state index contributed by atoms with van der Waals surface area (Å²) < 4.78 is 10.6. The summed E-state index contributed by atoms with van der Waals surface area (Å²) in [5.41, 5.74) is 0.593. The SMILES string of the molecule is COc1ccccc1C(=O)NCC1CCN(Cc2ccco2)CC1. The van der Waals surface area contributed by atoms with Gasteiger partial charge in [-0.05, 0) is 56.1 Å². The van der Waals surface area contributed by atoms with E-state index in [-0.39, 0.29) is 5.91 Å². The maximum atomic E-state index is 12.3. The fraction of sp³-hybridized carbons (Fsp3) is 0.421. The molecule has 1 saturated heterocycles. The maximum Gasteiger partial charge on any atom is 0.255 e. The molecule has 2 heterocycles. The molecular formula is C19H24N2O3. The summed E-state index contributed by atoms with van der Waals surface area (Å²) in [7, 11) is 1.58. The molecule has 1 fully saturated rings. The van der Waals surface area contributed by atoms with E-state index < -0.39 is 0 Å². The van der Waals surface area contributed by atoms with Gasteiger partial charge < -0.3 is 14.5 Å². The van der Waals surface area contributed by atoms with Gasteiger partial charge in [0.15, 0.2) is 0 Å². The molecule has 0 atom stereocenters. The molecule has 3 rings (SSSR count). The van der Waals surface area contributed by atoms with Gasteiger partial charge in [-0.3, -0.25) is 9.69 Å². The van der Waals surface area contributed by atoms with Crippen LogP contribution in [0.2, 0.25) is 0 Å². The van der Waals surface area contributed by atoms with Crippen molar-refractivity contribution in [3.8, 4) is 5.75 Å². The van der Waals surface area contributed by atoms with Crippen LogP contribution in [-0.2, 0) is 6.54 Å². The van der Waals surface area contributed by atoms with E-state index in [1.54, 1.807) is 19.4 Å². The molecule has 0 aliphatic carbocycles. The summed E-state index contributed by atoms with van der Waals surface area (Å²) in [4.78, 5) is 14.7. The fourth-order valence-electron chi connectivity index (χ4n) is 3.14. The highest BCUT2D eigenvalue weighted by Crippen LogP contribution is 2.20. The molecule has 1 aromatic carbocycles. The number of amides is 1. The first-order valence-corrected chi connectivity index (χ1v) is 8.42. The summed E-state index contributed by atoms with van der Waals surface area (Å²) in [6.45, 7) is 3.66. The van der Waals surface area contributed by atoms with E-state index in [4.69, 9.17) is 9.15 Å². The normalized spacial score (nSPS) is 16.0. The molecule has 0 spiro atoms. The molecule has 5 nitrogen and oxygen atoms in total. The molecule has 0 saturated carbocycles. The van der Waals surface area contributed by atoms with Crippen molar-refractivity contribution in [1.29, 1.82) is 0 Å². The van der Waals surface area contributed by atoms with Crippen LogP contribution < -0.4 is 10.1 Å². The molecule has 1 amide bonds. The van der Waals surface area contributed by atoms with Crippen molar-refractivity contribution in [1.82, 2.24) is 10.2 Å². The second-order valence-electron chi connectivity index (χ2n) is 6.21. The number of methoxy groups -OCH3 is 1. The van der Waals surface area contributed by atoms with Crippen LogP contribution in [0.5, 0.6) is 5.75 Å². The lowest BCUT2D eigenvalue weighted by Gasteiger charge is -2.31. The third-order valence-electron chi connectivity index (χ3n) is 4.57. The second kappa shape index (κ2) is 8.02. The highest BCUT2D eigenvalue weighted by molar-refractivity contribution is 5.96. The molecule has 1 aliphatic rings. The molecule has 24 heavy (non-hydrogen) atoms. The van der Waals surface area contributed by atoms with Crippen molar-refractivity contribution in [2.75, 3.05) is 26.7 Å². The molecule has 0 unspecified atom stereocenters. The molecule has 1 aliphatic heterocycles. The Morgan fingerprint density at radius 2 is 2.04 bits per heavy atom. The van der Waals surface area contributed by atoms with Crippen molar-refractivity contribution in [3.05, 3.63) is 54.0 Å². The number of ether oxygens (including phenoxy) is 1. The first-order valence-electron chi connectivity index (χ1n) is 8.42. The summed E-state index contributed by atoms with van der Waals surface area (Å²) in [6.07, 6.45) is 3.90. The van der Waals surface area contributed by atoms with Gasteiger partial charge in [0.2, 0.25) is 0 Å². The number of rotatable bonds is 6. The second-order valence-corrected chi connectivity index (χ2v) is 6.21. The Bertz CT molecular complexity index is 646. The Balaban J connectivity index is 1.44. The number of likely N-dealkylation sites (tertiary alicyclic amines) is 1. The maximum absolute atomic E-state index is 12.3. The van der Waals surface area contributed by atoms with Gasteiger partial charge in [0.05, 0.1) is 25.5 Å². The Morgan fingerprint density at radius 3 is 2.75 bits per heavy atom. The number of carbonyl (C=O) groups is 1. The van der Waals surface area contributed by atoms with Crippen LogP contribution in [0, 0.1) is 5.92 Å². The van der Waals surface area contributed by atoms with Gasteiger partial charge in [-0.1, -0.05) is 12.1 Å². The Morgan fingerprint density at radius 1 is 1.25 bits per heavy atom. The quantitative estimate of drug-likeness (QED) is 0.886. The largest absolute Gasteiger partial charge is 0.496 e. The number of nitrogens with one attached hydrogen (secondary N) is 1. The predicted molar refractivity (Wildman–Crippen MR) is 92.0 cm³/mol. The van der Waals surface area contributed by atoms with E-state index in [2.05, 4.69) is 10.2 Å². The van der Waals surface area contributed by atoms with E-state index in [1.165, 1.54) is 0 Å². The lowest BCUT2D eigenvalue weighted by atomic mass is 9.96. The zero-order valence-corrected chi connectivity index (χ0v) is 14.0. The first kappa shape index (κ1) is 16.6. The van der Waals surface area contributed by atoms with Gasteiger partial charge >= 0.3 is 0 Å². The molecule has 1 aromatic heterocycles. The molecule has 1 N–H and O–H groups in total. The minimum absolute atomic E-state index is 0.0644. The number of para-hydroxylation sites is 1. The van der Waals surface area contributed by atoms with Crippen LogP contribution in [0.4, 0.5) is 0 Å². The van der Waals surface area contributed by atoms with Crippen molar-refractivity contribution < 1.29 is 13.9 Å². The van der Waals surface area contributed by atoms with E-state index in [0.717, 1.165) is 38.2 Å². The van der Waals surface area contributed by atoms with Crippen molar-refractivity contribution in [3.63, 3.8) is 0 Å². The summed E-state index contributed by atoms with van der Waals surface area (Å²) in [5.74, 6) is 2.09. The smallest absolute Gasteiger partial charge is 0.255 e. The number of furan rings is 1. The number of piperidine rings is 1. The number of hydrogen-bond acceptors (Lipinski definition) is 4. The minimum Gasteiger partial charge on any atom is -0.496 e. The number of benzene rings is 1. The topological polar surface area (TPSA) is 54.7 Å². The predicted octanol–water partition coefficient (Wildman–Crippen LogP) is 2.93. The van der Waals surface area contributed by atoms with Gasteiger partial charge in [0, 0.05) is 6.54 Å². The van der Waals surface area contributed by atoms with E-state index in [9.17, 15) is 4.79 Å². The molecule has 5 heteroatoms. The van der Waals surface area contributed by atoms with E-state index in [1.807, 2.05) is 30.3 Å². The number of hydrogen-bond donors (Lipinski definition) is 1. The standard InChI is InChI=1S/C19H24N2O3/c1-23-18-7-3-2-6-17(18)19(22)20-13-15-8-10-21(11-9-15)14-16-5-4-12-24-16/h2-7,12,15H,8-11,13-14H2,1H3,(H,20,22). The van der Waals surface area contributed by atoms with Gasteiger partial charge in [-0.2, -0.15) is 0 Å². The molecular weight excluding hydrogens is 304 g/mol. The van der Waals surface area contributed by atoms with Gasteiger partial charge in [0.1, 0.15) is 11.5 Å². The summed E-state index contributed by atoms with van der Waals surface area (Å²) >= 11 is 0. The fourth-order valence-corrected chi connectivity index (χ4v) is 3.14. The Labute approximate surface area is 142 Å². The Kier molecular flexibility index (Phi) is 5.54. The van der Waals surface area contributed by atoms with Crippen LogP contribution in [0.15, 0.2) is 47.1 Å². The summed E-state index contributed by atoms with van der Waals surface area (Å²) in [5, 5.41) is 3.05. The molecule has 128 valence electrons. The third-order valence-corrected chi connectivity index (χ3v) is 4.57. The third kappa shape index (κ3) is 4.17. The van der Waals surface area contributed by atoms with Crippen LogP contribution >= 0.6 is 0 Å². The molecule has 0 radical (unpaired) electrons. The minimum atomic E-state index is -0.0644. The zero-order chi connectivity index (χ0) is 16.8. The highest BCUT2D eigenvalue weighted by atomic mass is 16.5. The van der Waals surface area contributed by atoms with Crippen molar-refractivity contribution >= 4 is 5.91 Å². The van der Waals surface area contributed by atoms with E-state index in [0.29, 0.717) is 23.8 Å². The average Bonchev–Trinajstić information content (AvgIpc) is 3.14. The number of nitrogens with zero attached hydrogens (tertiary/aromatic N) is 1. The van der Waals surface area contributed by atoms with Crippen LogP contribution in [0.1, 0.15) is 29.0 Å². The lowest BCUT2D eigenvalue weighted by Crippen LogP contribution is -2.38. The zero-order valence-electron chi connectivity index (χ0n) is 14.0. The molecule has 2 aromatic rings. The average molecular weight is 328 g/mol. The number of carbonyl (C=O) groups excluding carboxylic acids is 1. The monoisotopic (exact) mass is 328 g/mol. The van der Waals surface area contributed by atoms with E-state index >= 15 is 0 Å². The van der Waals surface area contributed by atoms with Crippen molar-refractivity contribution in [2.45, 2.75) is 19.4 Å². The Hall–Kier alpha value is -2.27. The van der Waals surface area contributed by atoms with Crippen molar-refractivity contribution in [2.24, 2.45) is 5.92 Å². The van der Waals surface area contributed by atoms with Crippen LogP contribution in [0.25, 0.3) is 0 Å². The molecule has 0 bridgehead atoms. The van der Waals surface area contributed by atoms with Gasteiger partial charge in [-0.25, -0.2) is 0 Å². The van der Waals surface area contributed by atoms with Crippen LogP contribution in [-0.4, -0.2) is 37.6 Å². The van der Waals surface area contributed by atoms with Gasteiger partial charge in [0.25, 0.3) is 5.91 Å². The lowest BCUT2D eigenvalue weighted by molar-refractivity contribution is 0.0931. The van der Waals surface area contributed by atoms with Crippen LogP contribution in [0.3, 0.4) is 0 Å². The first-order chi connectivity index (χ1) is 11.8. The highest BCUT2D eigenvalue weighted by Gasteiger charge is 2.21.